The summed E-state index contributed by atoms with van der Waals surface area (Å²) in [6.07, 6.45) is 2.95. The predicted octanol–water partition coefficient (Wildman–Crippen LogP) is 2.27. The molecule has 1 aromatic heterocycles. The van der Waals surface area contributed by atoms with Gasteiger partial charge in [-0.05, 0) is 19.3 Å². The number of nitrogens with zero attached hydrogens (tertiary/aromatic N) is 2. The van der Waals surface area contributed by atoms with Gasteiger partial charge in [0.25, 0.3) is 0 Å². The molecule has 0 aromatic carbocycles. The van der Waals surface area contributed by atoms with Crippen LogP contribution in [0.4, 0.5) is 10.7 Å². The summed E-state index contributed by atoms with van der Waals surface area (Å²) in [5.74, 6) is 0.727. The van der Waals surface area contributed by atoms with E-state index in [0.29, 0.717) is 22.0 Å². The standard InChI is InChI=1S/C15H19N3O2S/c1-20-8-9-4-5-18(7-9)15-11(6-16)12(17)14(21-15)13(19)10-2-3-10/h9-10H,2-5,7-8,17H2,1H3. The van der Waals surface area contributed by atoms with Gasteiger partial charge < -0.3 is 15.4 Å². The van der Waals surface area contributed by atoms with E-state index in [4.69, 9.17) is 10.5 Å². The number of nitrogens with two attached hydrogens (primary N) is 1. The highest BCUT2D eigenvalue weighted by molar-refractivity contribution is 7.19. The second-order valence-electron chi connectivity index (χ2n) is 5.83. The number of ketones is 1. The van der Waals surface area contributed by atoms with Gasteiger partial charge in [-0.3, -0.25) is 4.79 Å². The van der Waals surface area contributed by atoms with Crippen LogP contribution in [0.5, 0.6) is 0 Å². The van der Waals surface area contributed by atoms with Crippen LogP contribution in [0.3, 0.4) is 0 Å². The number of methoxy groups -OCH3 is 1. The molecule has 1 saturated carbocycles. The van der Waals surface area contributed by atoms with E-state index in [1.54, 1.807) is 7.11 Å². The molecule has 1 saturated heterocycles. The normalized spacial score (nSPS) is 21.5. The minimum atomic E-state index is 0.118. The van der Waals surface area contributed by atoms with Crippen molar-refractivity contribution in [1.82, 2.24) is 0 Å². The molecule has 5 nitrogen and oxygen atoms in total. The molecule has 1 aliphatic carbocycles. The van der Waals surface area contributed by atoms with Crippen LogP contribution in [0.2, 0.25) is 0 Å². The monoisotopic (exact) mass is 305 g/mol. The first-order valence-corrected chi connectivity index (χ1v) is 8.07. The average molecular weight is 305 g/mol. The summed E-state index contributed by atoms with van der Waals surface area (Å²) in [6, 6.07) is 2.18. The summed E-state index contributed by atoms with van der Waals surface area (Å²) in [7, 11) is 1.71. The van der Waals surface area contributed by atoms with Gasteiger partial charge in [-0.15, -0.1) is 11.3 Å². The number of thiophene rings is 1. The molecule has 0 amide bonds. The molecular formula is C15H19N3O2S. The summed E-state index contributed by atoms with van der Waals surface area (Å²) in [5.41, 5.74) is 6.91. The molecule has 1 aromatic rings. The van der Waals surface area contributed by atoms with Gasteiger partial charge in [0.2, 0.25) is 0 Å². The largest absolute Gasteiger partial charge is 0.396 e. The number of anilines is 2. The maximum atomic E-state index is 12.3. The Bertz CT molecular complexity index is 601. The highest BCUT2D eigenvalue weighted by Crippen LogP contribution is 2.43. The Morgan fingerprint density at radius 2 is 2.29 bits per heavy atom. The van der Waals surface area contributed by atoms with Crippen molar-refractivity contribution < 1.29 is 9.53 Å². The lowest BCUT2D eigenvalue weighted by Gasteiger charge is -2.16. The molecule has 2 aliphatic rings. The summed E-state index contributed by atoms with van der Waals surface area (Å²) in [5, 5.41) is 10.3. The molecule has 1 aliphatic heterocycles. The van der Waals surface area contributed by atoms with Crippen LogP contribution < -0.4 is 10.6 Å². The van der Waals surface area contributed by atoms with Crippen LogP contribution in [0.1, 0.15) is 34.5 Å². The zero-order valence-corrected chi connectivity index (χ0v) is 12.9. The number of ether oxygens (including phenoxy) is 1. The molecule has 21 heavy (non-hydrogen) atoms. The third-order valence-corrected chi connectivity index (χ3v) is 5.47. The fourth-order valence-corrected chi connectivity index (χ4v) is 4.09. The van der Waals surface area contributed by atoms with Crippen LogP contribution in [-0.2, 0) is 4.74 Å². The molecule has 2 N–H and O–H groups in total. The van der Waals surface area contributed by atoms with Crippen LogP contribution in [0.25, 0.3) is 0 Å². The highest BCUT2D eigenvalue weighted by Gasteiger charge is 2.35. The number of hydrogen-bond acceptors (Lipinski definition) is 6. The van der Waals surface area contributed by atoms with Gasteiger partial charge in [0.1, 0.15) is 16.6 Å². The number of Topliss-reactive ketones (excluding diaryl/α,β-unsaturated/α-hetero) is 1. The van der Waals surface area contributed by atoms with E-state index in [0.717, 1.165) is 44.0 Å². The Balaban J connectivity index is 1.87. The van der Waals surface area contributed by atoms with E-state index in [9.17, 15) is 10.1 Å². The van der Waals surface area contributed by atoms with Gasteiger partial charge in [0.05, 0.1) is 17.2 Å². The van der Waals surface area contributed by atoms with Gasteiger partial charge in [-0.25, -0.2) is 0 Å². The van der Waals surface area contributed by atoms with Crippen LogP contribution in [-0.4, -0.2) is 32.6 Å². The van der Waals surface area contributed by atoms with E-state index in [1.165, 1.54) is 11.3 Å². The summed E-state index contributed by atoms with van der Waals surface area (Å²) < 4.78 is 5.21. The average Bonchev–Trinajstić information content (AvgIpc) is 3.14. The number of carbonyl (C=O) groups is 1. The molecule has 6 heteroatoms. The van der Waals surface area contributed by atoms with Crippen molar-refractivity contribution >= 4 is 27.8 Å². The van der Waals surface area contributed by atoms with Crippen molar-refractivity contribution in [1.29, 1.82) is 5.26 Å². The van der Waals surface area contributed by atoms with Crippen molar-refractivity contribution in [2.24, 2.45) is 11.8 Å². The quantitative estimate of drug-likeness (QED) is 0.844. The van der Waals surface area contributed by atoms with Crippen LogP contribution >= 0.6 is 11.3 Å². The first kappa shape index (κ1) is 14.4. The Hall–Kier alpha value is -1.58. The molecule has 0 radical (unpaired) electrons. The fourth-order valence-electron chi connectivity index (χ4n) is 2.86. The van der Waals surface area contributed by atoms with Crippen molar-refractivity contribution in [3.63, 3.8) is 0 Å². The zero-order valence-electron chi connectivity index (χ0n) is 12.1. The van der Waals surface area contributed by atoms with E-state index < -0.39 is 0 Å². The van der Waals surface area contributed by atoms with Crippen molar-refractivity contribution in [2.45, 2.75) is 19.3 Å². The lowest BCUT2D eigenvalue weighted by Crippen LogP contribution is -2.20. The Morgan fingerprint density at radius 1 is 1.52 bits per heavy atom. The van der Waals surface area contributed by atoms with Gasteiger partial charge in [0, 0.05) is 32.0 Å². The minimum Gasteiger partial charge on any atom is -0.396 e. The maximum absolute atomic E-state index is 12.3. The molecule has 0 spiro atoms. The SMILES string of the molecule is COCC1CCN(c2sc(C(=O)C3CC3)c(N)c2C#N)C1. The van der Waals surface area contributed by atoms with Gasteiger partial charge >= 0.3 is 0 Å². The molecule has 0 bridgehead atoms. The van der Waals surface area contributed by atoms with Gasteiger partial charge in [-0.2, -0.15) is 5.26 Å². The van der Waals surface area contributed by atoms with E-state index >= 15 is 0 Å². The lowest BCUT2D eigenvalue weighted by molar-refractivity contribution is 0.0972. The predicted molar refractivity (Wildman–Crippen MR) is 82.7 cm³/mol. The van der Waals surface area contributed by atoms with E-state index in [2.05, 4.69) is 11.0 Å². The Morgan fingerprint density at radius 3 is 2.90 bits per heavy atom. The fraction of sp³-hybridized carbons (Fsp3) is 0.600. The second-order valence-corrected chi connectivity index (χ2v) is 6.83. The number of nitriles is 1. The Kier molecular flexibility index (Phi) is 3.87. The number of carbonyl (C=O) groups excluding carboxylic acids is 1. The van der Waals surface area contributed by atoms with Crippen molar-refractivity contribution in [3.8, 4) is 6.07 Å². The third-order valence-electron chi connectivity index (χ3n) is 4.19. The highest BCUT2D eigenvalue weighted by atomic mass is 32.1. The second kappa shape index (κ2) is 5.66. The smallest absolute Gasteiger partial charge is 0.178 e. The Labute approximate surface area is 128 Å². The first-order chi connectivity index (χ1) is 10.2. The lowest BCUT2D eigenvalue weighted by atomic mass is 10.1. The zero-order chi connectivity index (χ0) is 15.0. The molecule has 112 valence electrons. The first-order valence-electron chi connectivity index (χ1n) is 7.26. The van der Waals surface area contributed by atoms with Crippen molar-refractivity contribution in [3.05, 3.63) is 10.4 Å². The molecule has 3 rings (SSSR count). The molecule has 2 heterocycles. The molecule has 1 unspecified atom stereocenters. The topological polar surface area (TPSA) is 79.3 Å². The number of nitrogen functional groups attached to an aromatic ring is 1. The minimum absolute atomic E-state index is 0.118. The van der Waals surface area contributed by atoms with Crippen LogP contribution in [0, 0.1) is 23.2 Å². The number of hydrogen-bond donors (Lipinski definition) is 1. The molecule has 2 fully saturated rings. The van der Waals surface area contributed by atoms with Gasteiger partial charge in [-0.1, -0.05) is 0 Å². The summed E-state index contributed by atoms with van der Waals surface area (Å²) in [4.78, 5) is 15.0. The van der Waals surface area contributed by atoms with Crippen molar-refractivity contribution in [2.75, 3.05) is 37.4 Å². The van der Waals surface area contributed by atoms with Crippen LogP contribution in [0.15, 0.2) is 0 Å². The van der Waals surface area contributed by atoms with E-state index in [-0.39, 0.29) is 11.7 Å². The number of rotatable bonds is 5. The molecular weight excluding hydrogens is 286 g/mol. The molecule has 1 atom stereocenters. The van der Waals surface area contributed by atoms with E-state index in [1.807, 2.05) is 0 Å². The maximum Gasteiger partial charge on any atom is 0.178 e. The summed E-state index contributed by atoms with van der Waals surface area (Å²) in [6.45, 7) is 2.48. The summed E-state index contributed by atoms with van der Waals surface area (Å²) >= 11 is 1.39. The van der Waals surface area contributed by atoms with Gasteiger partial charge in [0.15, 0.2) is 5.78 Å². The third kappa shape index (κ3) is 2.63.